The number of rotatable bonds is 19. The van der Waals surface area contributed by atoms with Crippen LogP contribution in [0.2, 0.25) is 18.1 Å². The second-order valence-electron chi connectivity index (χ2n) is 8.09. The van der Waals surface area contributed by atoms with Crippen molar-refractivity contribution in [2.75, 3.05) is 7.11 Å². The van der Waals surface area contributed by atoms with Crippen LogP contribution in [0.5, 0.6) is 0 Å². The van der Waals surface area contributed by atoms with E-state index in [9.17, 15) is 4.79 Å². The van der Waals surface area contributed by atoms with Gasteiger partial charge in [-0.05, 0) is 56.7 Å². The molecule has 0 bridgehead atoms. The van der Waals surface area contributed by atoms with Gasteiger partial charge in [0.25, 0.3) is 0 Å². The Labute approximate surface area is 193 Å². The molecule has 0 aliphatic heterocycles. The first kappa shape index (κ1) is 29.6. The van der Waals surface area contributed by atoms with Crippen LogP contribution in [-0.4, -0.2) is 27.5 Å². The second kappa shape index (κ2) is 20.5. The summed E-state index contributed by atoms with van der Waals surface area (Å²) >= 11 is 0. The normalized spacial score (nSPS) is 13.8. The third kappa shape index (κ3) is 16.0. The molecule has 4 heteroatoms. The van der Waals surface area contributed by atoms with Crippen molar-refractivity contribution in [1.82, 2.24) is 0 Å². The molecule has 0 spiro atoms. The molecule has 0 saturated heterocycles. The molecule has 31 heavy (non-hydrogen) atoms. The van der Waals surface area contributed by atoms with Gasteiger partial charge in [0.1, 0.15) is 0 Å². The summed E-state index contributed by atoms with van der Waals surface area (Å²) in [5, 5.41) is 0. The van der Waals surface area contributed by atoms with E-state index >= 15 is 0 Å². The molecule has 0 heterocycles. The largest absolute Gasteiger partial charge is 0.469 e. The number of carbonyl (C=O) groups excluding carboxylic acids is 1. The van der Waals surface area contributed by atoms with Crippen molar-refractivity contribution < 1.29 is 14.0 Å². The maximum absolute atomic E-state index is 11.1. The molecule has 0 radical (unpaired) electrons. The van der Waals surface area contributed by atoms with Crippen molar-refractivity contribution in [2.45, 2.75) is 110 Å². The lowest BCUT2D eigenvalue weighted by Crippen LogP contribution is -2.39. The van der Waals surface area contributed by atoms with Crippen molar-refractivity contribution in [3.05, 3.63) is 48.6 Å². The number of hydrogen-bond donors (Lipinski definition) is 0. The van der Waals surface area contributed by atoms with Gasteiger partial charge in [0.2, 0.25) is 0 Å². The summed E-state index contributed by atoms with van der Waals surface area (Å²) < 4.78 is 11.4. The molecular weight excluding hydrogens is 400 g/mol. The molecule has 0 saturated carbocycles. The molecule has 0 aliphatic carbocycles. The Balaban J connectivity index is 4.59. The predicted molar refractivity (Wildman–Crippen MR) is 138 cm³/mol. The lowest BCUT2D eigenvalue weighted by atomic mass is 10.1. The van der Waals surface area contributed by atoms with Crippen LogP contribution in [0.25, 0.3) is 0 Å². The van der Waals surface area contributed by atoms with Crippen LogP contribution in [0.1, 0.15) is 85.5 Å². The van der Waals surface area contributed by atoms with Crippen molar-refractivity contribution in [2.24, 2.45) is 0 Å². The van der Waals surface area contributed by atoms with Gasteiger partial charge in [0.15, 0.2) is 8.32 Å². The van der Waals surface area contributed by atoms with Gasteiger partial charge in [-0.15, -0.1) is 0 Å². The number of methoxy groups -OCH3 is 1. The van der Waals surface area contributed by atoms with E-state index in [0.29, 0.717) is 6.42 Å². The minimum absolute atomic E-state index is 0.132. The van der Waals surface area contributed by atoms with E-state index in [2.05, 4.69) is 81.0 Å². The van der Waals surface area contributed by atoms with Gasteiger partial charge in [0.05, 0.1) is 13.2 Å². The molecule has 0 aromatic carbocycles. The Morgan fingerprint density at radius 1 is 0.839 bits per heavy atom. The third-order valence-electron chi connectivity index (χ3n) is 5.83. The number of ether oxygens (including phenoxy) is 1. The monoisotopic (exact) mass is 448 g/mol. The molecule has 0 fully saturated rings. The minimum Gasteiger partial charge on any atom is -0.469 e. The zero-order chi connectivity index (χ0) is 23.2. The first-order chi connectivity index (χ1) is 15.1. The molecule has 0 rings (SSSR count). The molecule has 0 aliphatic rings. The summed E-state index contributed by atoms with van der Waals surface area (Å²) in [6, 6.07) is 3.55. The van der Waals surface area contributed by atoms with Gasteiger partial charge in [-0.25, -0.2) is 0 Å². The van der Waals surface area contributed by atoms with Gasteiger partial charge in [0, 0.05) is 6.42 Å². The molecule has 1 atom stereocenters. The predicted octanol–water partition coefficient (Wildman–Crippen LogP) is 8.31. The Morgan fingerprint density at radius 2 is 1.52 bits per heavy atom. The maximum Gasteiger partial charge on any atom is 0.305 e. The van der Waals surface area contributed by atoms with Crippen molar-refractivity contribution in [3.8, 4) is 0 Å². The standard InChI is InChI=1S/C27H48O3Si/c1-6-10-11-12-17-20-23-26(30-31(7-2,8-3)9-4)24-21-18-15-13-14-16-19-22-25-27(28)29-5/h14-18,20-21,24,26H,6-13,19,22-23,25H2,1-5H3/b16-14-,18-15-,20-17-,24-21+/t26-/m1/s1. The zero-order valence-electron chi connectivity index (χ0n) is 20.9. The van der Waals surface area contributed by atoms with E-state index in [1.54, 1.807) is 0 Å². The molecule has 0 unspecified atom stereocenters. The minimum atomic E-state index is -1.62. The quantitative estimate of drug-likeness (QED) is 0.0655. The summed E-state index contributed by atoms with van der Waals surface area (Å²) in [5.74, 6) is -0.132. The highest BCUT2D eigenvalue weighted by molar-refractivity contribution is 6.73. The van der Waals surface area contributed by atoms with Crippen LogP contribution in [-0.2, 0) is 14.0 Å². The van der Waals surface area contributed by atoms with Crippen molar-refractivity contribution >= 4 is 14.3 Å². The van der Waals surface area contributed by atoms with Crippen LogP contribution in [0.3, 0.4) is 0 Å². The fourth-order valence-corrected chi connectivity index (χ4v) is 6.27. The molecule has 0 N–H and O–H groups in total. The van der Waals surface area contributed by atoms with Crippen LogP contribution in [0.15, 0.2) is 48.6 Å². The second-order valence-corrected chi connectivity index (χ2v) is 12.8. The van der Waals surface area contributed by atoms with Crippen LogP contribution in [0, 0.1) is 0 Å². The fraction of sp³-hybridized carbons (Fsp3) is 0.667. The van der Waals surface area contributed by atoms with E-state index in [4.69, 9.17) is 4.43 Å². The average molecular weight is 449 g/mol. The highest BCUT2D eigenvalue weighted by Crippen LogP contribution is 2.25. The molecule has 0 aromatic heterocycles. The smallest absolute Gasteiger partial charge is 0.305 e. The van der Waals surface area contributed by atoms with E-state index in [1.807, 2.05) is 0 Å². The number of carbonyl (C=O) groups is 1. The SMILES string of the molecule is CCCCC/C=C\C[C@H](/C=C/C=C\C/C=C\CCCC(=O)OC)O[Si](CC)(CC)CC. The van der Waals surface area contributed by atoms with Gasteiger partial charge in [-0.3, -0.25) is 4.79 Å². The number of esters is 1. The fourth-order valence-electron chi connectivity index (χ4n) is 3.45. The summed E-state index contributed by atoms with van der Waals surface area (Å²) in [6.45, 7) is 9.12. The molecule has 178 valence electrons. The Bertz CT molecular complexity index is 536. The zero-order valence-corrected chi connectivity index (χ0v) is 21.9. The lowest BCUT2D eigenvalue weighted by Gasteiger charge is -2.31. The highest BCUT2D eigenvalue weighted by Gasteiger charge is 2.30. The molecule has 3 nitrogen and oxygen atoms in total. The van der Waals surface area contributed by atoms with Crippen LogP contribution >= 0.6 is 0 Å². The van der Waals surface area contributed by atoms with Crippen LogP contribution in [0.4, 0.5) is 0 Å². The molecular formula is C27H48O3Si. The van der Waals surface area contributed by atoms with Crippen molar-refractivity contribution in [3.63, 3.8) is 0 Å². The summed E-state index contributed by atoms with van der Waals surface area (Å²) in [4.78, 5) is 11.1. The topological polar surface area (TPSA) is 35.5 Å². The van der Waals surface area contributed by atoms with Crippen molar-refractivity contribution in [1.29, 1.82) is 0 Å². The Morgan fingerprint density at radius 3 is 2.16 bits per heavy atom. The first-order valence-corrected chi connectivity index (χ1v) is 15.0. The number of allylic oxidation sites excluding steroid dienone is 6. The van der Waals surface area contributed by atoms with E-state index in [1.165, 1.54) is 50.9 Å². The van der Waals surface area contributed by atoms with E-state index in [0.717, 1.165) is 25.7 Å². The van der Waals surface area contributed by atoms with Gasteiger partial charge in [-0.2, -0.15) is 0 Å². The number of hydrogen-bond acceptors (Lipinski definition) is 3. The van der Waals surface area contributed by atoms with E-state index < -0.39 is 8.32 Å². The Kier molecular flexibility index (Phi) is 19.6. The third-order valence-corrected chi connectivity index (χ3v) is 10.5. The first-order valence-electron chi connectivity index (χ1n) is 12.4. The highest BCUT2D eigenvalue weighted by atomic mass is 28.4. The summed E-state index contributed by atoms with van der Waals surface area (Å²) in [5.41, 5.74) is 0. The van der Waals surface area contributed by atoms with Gasteiger partial charge < -0.3 is 9.16 Å². The average Bonchev–Trinajstić information content (AvgIpc) is 2.80. The summed E-state index contributed by atoms with van der Waals surface area (Å²) in [6.07, 6.45) is 26.9. The van der Waals surface area contributed by atoms with Gasteiger partial charge in [-0.1, -0.05) is 89.1 Å². The molecule has 0 aromatic rings. The maximum atomic E-state index is 11.1. The lowest BCUT2D eigenvalue weighted by molar-refractivity contribution is -0.140. The van der Waals surface area contributed by atoms with E-state index in [-0.39, 0.29) is 12.1 Å². The van der Waals surface area contributed by atoms with Crippen LogP contribution < -0.4 is 0 Å². The Hall–Kier alpha value is -1.39. The molecule has 0 amide bonds. The number of unbranched alkanes of at least 4 members (excludes halogenated alkanes) is 4. The summed E-state index contributed by atoms with van der Waals surface area (Å²) in [7, 11) is -0.185. The van der Waals surface area contributed by atoms with Gasteiger partial charge >= 0.3 is 5.97 Å².